The van der Waals surface area contributed by atoms with E-state index < -0.39 is 86.2 Å². The number of carboxylic acid groups (broad SMARTS) is 1. The second-order valence-corrected chi connectivity index (χ2v) is 6.56. The molecule has 2 amide bonds. The molecule has 0 saturated carbocycles. The summed E-state index contributed by atoms with van der Waals surface area (Å²) in [6.07, 6.45) is -8.19. The van der Waals surface area contributed by atoms with Gasteiger partial charge in [0.25, 0.3) is 5.92 Å². The van der Waals surface area contributed by atoms with Crippen molar-refractivity contribution in [1.82, 2.24) is 10.6 Å². The number of carbonyl (C=O) groups excluding carboxylic acids is 2. The summed E-state index contributed by atoms with van der Waals surface area (Å²) in [6, 6.07) is -2.94. The minimum absolute atomic E-state index is 0.630. The molecule has 0 aromatic heterocycles. The summed E-state index contributed by atoms with van der Waals surface area (Å²) >= 11 is 0. The molecule has 1 heterocycles. The van der Waals surface area contributed by atoms with Crippen molar-refractivity contribution in [2.24, 2.45) is 5.73 Å². The van der Waals surface area contributed by atoms with Gasteiger partial charge in [-0.1, -0.05) is 0 Å². The second-order valence-electron chi connectivity index (χ2n) is 6.56. The molecule has 1 unspecified atom stereocenters. The van der Waals surface area contributed by atoms with Crippen molar-refractivity contribution in [1.29, 1.82) is 0 Å². The molecule has 0 spiro atoms. The van der Waals surface area contributed by atoms with Crippen molar-refractivity contribution in [2.75, 3.05) is 13.2 Å². The first-order chi connectivity index (χ1) is 12.9. The van der Waals surface area contributed by atoms with Crippen LogP contribution in [0.15, 0.2) is 0 Å². The first-order valence-corrected chi connectivity index (χ1v) is 8.44. The minimum atomic E-state index is -3.68. The van der Waals surface area contributed by atoms with E-state index in [9.17, 15) is 33.4 Å². The van der Waals surface area contributed by atoms with Gasteiger partial charge in [-0.15, -0.1) is 0 Å². The molecule has 13 heteroatoms. The number of aliphatic carboxylic acids is 1. The summed E-state index contributed by atoms with van der Waals surface area (Å²) in [4.78, 5) is 33.9. The van der Waals surface area contributed by atoms with E-state index in [1.807, 2.05) is 5.32 Å². The van der Waals surface area contributed by atoms with Crippen LogP contribution >= 0.6 is 0 Å². The first-order valence-electron chi connectivity index (χ1n) is 8.44. The number of hydrogen-bond acceptors (Lipinski definition) is 8. The number of halogens is 2. The van der Waals surface area contributed by atoms with Crippen LogP contribution in [0.4, 0.5) is 8.78 Å². The van der Waals surface area contributed by atoms with E-state index in [1.54, 1.807) is 0 Å². The largest absolute Gasteiger partial charge is 0.480 e. The quantitative estimate of drug-likeness (QED) is 0.205. The molecule has 11 nitrogen and oxygen atoms in total. The zero-order valence-electron chi connectivity index (χ0n) is 15.0. The number of alkyl halides is 2. The van der Waals surface area contributed by atoms with Crippen molar-refractivity contribution < 1.29 is 48.3 Å². The fourth-order valence-electron chi connectivity index (χ4n) is 2.55. The summed E-state index contributed by atoms with van der Waals surface area (Å²) in [6.45, 7) is -0.252. The highest BCUT2D eigenvalue weighted by atomic mass is 19.3. The fraction of sp³-hybridized carbons (Fsp3) is 0.800. The van der Waals surface area contributed by atoms with E-state index in [4.69, 9.17) is 20.7 Å². The summed E-state index contributed by atoms with van der Waals surface area (Å²) < 4.78 is 33.7. The Morgan fingerprint density at radius 2 is 1.93 bits per heavy atom. The van der Waals surface area contributed by atoms with Gasteiger partial charge in [-0.05, 0) is 6.92 Å². The Balaban J connectivity index is 2.57. The molecule has 1 fully saturated rings. The van der Waals surface area contributed by atoms with Gasteiger partial charge in [0.1, 0.15) is 24.4 Å². The van der Waals surface area contributed by atoms with Crippen molar-refractivity contribution in [2.45, 2.75) is 62.2 Å². The van der Waals surface area contributed by atoms with Gasteiger partial charge in [0.05, 0.1) is 25.3 Å². The van der Waals surface area contributed by atoms with Crippen LogP contribution in [-0.4, -0.2) is 93.8 Å². The van der Waals surface area contributed by atoms with Crippen molar-refractivity contribution >= 4 is 17.8 Å². The molecule has 162 valence electrons. The van der Waals surface area contributed by atoms with E-state index >= 15 is 0 Å². The molecule has 6 atom stereocenters. The van der Waals surface area contributed by atoms with Crippen LogP contribution < -0.4 is 16.4 Å². The number of nitrogens with one attached hydrogen (secondary N) is 2. The van der Waals surface area contributed by atoms with Gasteiger partial charge < -0.3 is 41.5 Å². The minimum Gasteiger partial charge on any atom is -0.480 e. The predicted octanol–water partition coefficient (Wildman–Crippen LogP) is -3.08. The number of hydrogen-bond donors (Lipinski definition) is 7. The average molecular weight is 413 g/mol. The van der Waals surface area contributed by atoms with Crippen LogP contribution in [-0.2, 0) is 19.1 Å². The van der Waals surface area contributed by atoms with E-state index in [1.165, 1.54) is 6.92 Å². The molecule has 8 N–H and O–H groups in total. The lowest BCUT2D eigenvalue weighted by Gasteiger charge is -2.40. The number of carboxylic acids is 1. The molecular formula is C15H25F2N3O8. The SMILES string of the molecule is C[C@H](NC(=O)CNC(=O)C(N)CC(F)(F)[C@H]1C[C@@H](O)[C@@H](O)[C@@H](CO)O1)C(=O)O. The third-order valence-electron chi connectivity index (χ3n) is 4.22. The summed E-state index contributed by atoms with van der Waals surface area (Å²) in [7, 11) is 0. The Hall–Kier alpha value is -1.93. The molecular weight excluding hydrogens is 388 g/mol. The lowest BCUT2D eigenvalue weighted by Crippen LogP contribution is -2.56. The van der Waals surface area contributed by atoms with Gasteiger partial charge in [0.15, 0.2) is 0 Å². The summed E-state index contributed by atoms with van der Waals surface area (Å²) in [5.74, 6) is -6.89. The zero-order valence-corrected chi connectivity index (χ0v) is 15.0. The van der Waals surface area contributed by atoms with E-state index in [2.05, 4.69) is 5.32 Å². The molecule has 0 bridgehead atoms. The van der Waals surface area contributed by atoms with E-state index in [0.717, 1.165) is 0 Å². The Labute approximate surface area is 158 Å². The van der Waals surface area contributed by atoms with Gasteiger partial charge in [0, 0.05) is 12.8 Å². The maximum atomic E-state index is 14.4. The first kappa shape index (κ1) is 24.1. The van der Waals surface area contributed by atoms with Crippen LogP contribution in [0, 0.1) is 0 Å². The van der Waals surface area contributed by atoms with Gasteiger partial charge in [0.2, 0.25) is 11.8 Å². The third-order valence-corrected chi connectivity index (χ3v) is 4.22. The molecule has 1 saturated heterocycles. The van der Waals surface area contributed by atoms with Gasteiger partial charge in [-0.3, -0.25) is 14.4 Å². The Morgan fingerprint density at radius 3 is 2.46 bits per heavy atom. The van der Waals surface area contributed by atoms with Crippen LogP contribution in [0.5, 0.6) is 0 Å². The summed E-state index contributed by atoms with van der Waals surface area (Å²) in [5.41, 5.74) is 5.44. The Kier molecular flexibility index (Phi) is 8.63. The van der Waals surface area contributed by atoms with Crippen molar-refractivity contribution in [3.8, 4) is 0 Å². The number of aliphatic hydroxyl groups excluding tert-OH is 3. The molecule has 28 heavy (non-hydrogen) atoms. The van der Waals surface area contributed by atoms with Crippen molar-refractivity contribution in [3.05, 3.63) is 0 Å². The number of amides is 2. The molecule has 0 aromatic carbocycles. The average Bonchev–Trinajstić information content (AvgIpc) is 2.60. The smallest absolute Gasteiger partial charge is 0.325 e. The van der Waals surface area contributed by atoms with E-state index in [0.29, 0.717) is 0 Å². The fourth-order valence-corrected chi connectivity index (χ4v) is 2.55. The molecule has 0 radical (unpaired) electrons. The molecule has 0 aromatic rings. The molecule has 1 rings (SSSR count). The van der Waals surface area contributed by atoms with Crippen LogP contribution in [0.2, 0.25) is 0 Å². The van der Waals surface area contributed by atoms with Gasteiger partial charge in [-0.25, -0.2) is 8.78 Å². The Morgan fingerprint density at radius 1 is 1.32 bits per heavy atom. The number of rotatable bonds is 9. The molecule has 1 aliphatic heterocycles. The molecule has 1 aliphatic rings. The van der Waals surface area contributed by atoms with Crippen LogP contribution in [0.1, 0.15) is 19.8 Å². The lowest BCUT2D eigenvalue weighted by atomic mass is 9.92. The normalized spacial score (nSPS) is 27.5. The van der Waals surface area contributed by atoms with Crippen LogP contribution in [0.25, 0.3) is 0 Å². The van der Waals surface area contributed by atoms with Gasteiger partial charge >= 0.3 is 5.97 Å². The second kappa shape index (κ2) is 10.0. The standard InChI is InChI=1S/C15H25F2N3O8/c1-6(14(26)27)20-11(23)4-19-13(25)7(18)3-15(16,17)10-2-8(22)12(24)9(5-21)28-10/h6-10,12,21-22,24H,2-5,18H2,1H3,(H,19,25)(H,20,23)(H,26,27)/t6-,7?,8+,9+,10+,12+/m0/s1. The van der Waals surface area contributed by atoms with Crippen molar-refractivity contribution in [3.63, 3.8) is 0 Å². The van der Waals surface area contributed by atoms with E-state index in [-0.39, 0.29) is 0 Å². The monoisotopic (exact) mass is 413 g/mol. The Bertz CT molecular complexity index is 579. The predicted molar refractivity (Wildman–Crippen MR) is 88.2 cm³/mol. The molecule has 0 aliphatic carbocycles. The third kappa shape index (κ3) is 6.60. The lowest BCUT2D eigenvalue weighted by molar-refractivity contribution is -0.240. The maximum Gasteiger partial charge on any atom is 0.325 e. The van der Waals surface area contributed by atoms with Gasteiger partial charge in [-0.2, -0.15) is 0 Å². The zero-order chi connectivity index (χ0) is 21.6. The number of nitrogens with two attached hydrogens (primary N) is 1. The number of aliphatic hydroxyl groups is 3. The topological polar surface area (TPSA) is 191 Å². The highest BCUT2D eigenvalue weighted by molar-refractivity contribution is 5.89. The highest BCUT2D eigenvalue weighted by Gasteiger charge is 2.49. The van der Waals surface area contributed by atoms with Crippen LogP contribution in [0.3, 0.4) is 0 Å². The summed E-state index contributed by atoms with van der Waals surface area (Å²) in [5, 5.41) is 41.0. The number of carbonyl (C=O) groups is 3. The highest BCUT2D eigenvalue weighted by Crippen LogP contribution is 2.34. The maximum absolute atomic E-state index is 14.4. The number of ether oxygens (including phenoxy) is 1.